The number of esters is 1. The molecule has 0 saturated carbocycles. The van der Waals surface area contributed by atoms with Gasteiger partial charge in [0, 0.05) is 24.5 Å². The normalized spacial score (nSPS) is 16.4. The van der Waals surface area contributed by atoms with Gasteiger partial charge in [0.1, 0.15) is 5.76 Å². The van der Waals surface area contributed by atoms with Gasteiger partial charge in [0.15, 0.2) is 5.60 Å². The van der Waals surface area contributed by atoms with Gasteiger partial charge in [-0.15, -0.1) is 0 Å². The molecule has 0 aliphatic carbocycles. The summed E-state index contributed by atoms with van der Waals surface area (Å²) in [5.74, 6) is -1.06. The maximum atomic E-state index is 13.5. The van der Waals surface area contributed by atoms with Crippen LogP contribution in [0.2, 0.25) is 0 Å². The third kappa shape index (κ3) is 5.24. The number of benzene rings is 2. The zero-order valence-electron chi connectivity index (χ0n) is 23.4. The molecule has 0 spiro atoms. The molecule has 2 aromatic carbocycles. The Kier molecular flexibility index (Phi) is 7.76. The first kappa shape index (κ1) is 28.5. The molecule has 1 atom stereocenters. The molecule has 1 N–H and O–H groups in total. The second-order valence-corrected chi connectivity index (χ2v) is 13.1. The van der Waals surface area contributed by atoms with Crippen LogP contribution >= 0.6 is 0 Å². The van der Waals surface area contributed by atoms with Crippen molar-refractivity contribution in [3.05, 3.63) is 71.6 Å². The van der Waals surface area contributed by atoms with Crippen LogP contribution in [-0.2, 0) is 19.6 Å². The fourth-order valence-electron chi connectivity index (χ4n) is 5.49. The molecule has 0 radical (unpaired) electrons. The number of rotatable bonds is 9. The number of ether oxygens (including phenoxy) is 1. The lowest BCUT2D eigenvalue weighted by Crippen LogP contribution is -2.32. The van der Waals surface area contributed by atoms with Gasteiger partial charge < -0.3 is 9.84 Å². The quantitative estimate of drug-likeness (QED) is 0.246. The number of para-hydroxylation sites is 1. The highest BCUT2D eigenvalue weighted by atomic mass is 32.2. The monoisotopic (exact) mass is 551 g/mol. The van der Waals surface area contributed by atoms with Crippen LogP contribution in [-0.4, -0.2) is 42.1 Å². The molecular formula is C30H37N3O5S. The highest BCUT2D eigenvalue weighted by Gasteiger charge is 2.51. The van der Waals surface area contributed by atoms with Crippen molar-refractivity contribution in [2.24, 2.45) is 5.41 Å². The summed E-state index contributed by atoms with van der Waals surface area (Å²) in [5.41, 5.74) is 0.344. The van der Waals surface area contributed by atoms with Crippen LogP contribution in [0.15, 0.2) is 71.2 Å². The molecule has 0 saturated heterocycles. The average molecular weight is 552 g/mol. The predicted molar refractivity (Wildman–Crippen MR) is 152 cm³/mol. The van der Waals surface area contributed by atoms with E-state index >= 15 is 0 Å². The number of anilines is 1. The van der Waals surface area contributed by atoms with Gasteiger partial charge in [-0.05, 0) is 42.0 Å². The van der Waals surface area contributed by atoms with Gasteiger partial charge in [-0.1, -0.05) is 77.8 Å². The Balaban J connectivity index is 1.78. The van der Waals surface area contributed by atoms with E-state index in [1.807, 2.05) is 52.8 Å². The Morgan fingerprint density at radius 3 is 2.36 bits per heavy atom. The molecule has 1 aliphatic heterocycles. The topological polar surface area (TPSA) is 110 Å². The molecule has 1 unspecified atom stereocenters. The zero-order valence-corrected chi connectivity index (χ0v) is 24.2. The molecule has 39 heavy (non-hydrogen) atoms. The number of aliphatic hydroxyl groups excluding tert-OH is 1. The van der Waals surface area contributed by atoms with Crippen molar-refractivity contribution < 1.29 is 23.1 Å². The molecule has 0 bridgehead atoms. The Bertz CT molecular complexity index is 1520. The van der Waals surface area contributed by atoms with E-state index in [1.165, 1.54) is 13.2 Å². The zero-order chi connectivity index (χ0) is 28.6. The van der Waals surface area contributed by atoms with Crippen molar-refractivity contribution in [2.75, 3.05) is 11.4 Å². The highest BCUT2D eigenvalue weighted by Crippen LogP contribution is 2.49. The Hall–Kier alpha value is -3.46. The van der Waals surface area contributed by atoms with E-state index in [4.69, 9.17) is 4.74 Å². The van der Waals surface area contributed by atoms with E-state index < -0.39 is 32.9 Å². The summed E-state index contributed by atoms with van der Waals surface area (Å²) in [7, 11) is -2.63. The van der Waals surface area contributed by atoms with Crippen LogP contribution < -0.4 is 4.31 Å². The molecule has 1 aromatic heterocycles. The minimum atomic E-state index is -4.08. The van der Waals surface area contributed by atoms with Crippen LogP contribution in [0.4, 0.5) is 5.69 Å². The number of cyclic esters (lactones) is 1. The lowest BCUT2D eigenvalue weighted by molar-refractivity contribution is -0.150. The summed E-state index contributed by atoms with van der Waals surface area (Å²) in [6.07, 6.45) is 4.06. The summed E-state index contributed by atoms with van der Waals surface area (Å²) < 4.78 is 34.1. The van der Waals surface area contributed by atoms with Gasteiger partial charge in [-0.3, -0.25) is 4.31 Å². The molecule has 0 amide bonds. The summed E-state index contributed by atoms with van der Waals surface area (Å²) in [6, 6.07) is 14.2. The number of nitrogens with zero attached hydrogens (tertiary/aromatic N) is 3. The first-order valence-corrected chi connectivity index (χ1v) is 14.8. The molecule has 4 rings (SSSR count). The Morgan fingerprint density at radius 2 is 1.72 bits per heavy atom. The van der Waals surface area contributed by atoms with Crippen LogP contribution in [0.3, 0.4) is 0 Å². The third-order valence-electron chi connectivity index (χ3n) is 7.28. The number of hydrogen-bond acceptors (Lipinski definition) is 7. The molecule has 208 valence electrons. The number of aromatic nitrogens is 2. The van der Waals surface area contributed by atoms with E-state index in [2.05, 4.69) is 9.97 Å². The number of carbonyl (C=O) groups is 1. The fourth-order valence-corrected chi connectivity index (χ4v) is 6.53. The maximum Gasteiger partial charge on any atom is 0.339 e. The largest absolute Gasteiger partial charge is 0.507 e. The number of aliphatic hydroxyl groups is 1. The van der Waals surface area contributed by atoms with E-state index in [0.29, 0.717) is 29.6 Å². The Labute approximate surface area is 230 Å². The number of carbonyl (C=O) groups excluding carboxylic acids is 1. The molecule has 3 aromatic rings. The van der Waals surface area contributed by atoms with Crippen molar-refractivity contribution in [2.45, 2.75) is 77.0 Å². The van der Waals surface area contributed by atoms with Crippen molar-refractivity contribution in [3.63, 3.8) is 0 Å². The maximum absolute atomic E-state index is 13.5. The highest BCUT2D eigenvalue weighted by molar-refractivity contribution is 7.92. The smallest absolute Gasteiger partial charge is 0.339 e. The summed E-state index contributed by atoms with van der Waals surface area (Å²) in [6.45, 7) is 9.95. The number of hydrogen-bond donors (Lipinski definition) is 1. The lowest BCUT2D eigenvalue weighted by atomic mass is 9.71. The third-order valence-corrected chi connectivity index (χ3v) is 8.87. The minimum Gasteiger partial charge on any atom is -0.507 e. The van der Waals surface area contributed by atoms with Crippen LogP contribution in [0, 0.1) is 5.41 Å². The van der Waals surface area contributed by atoms with E-state index in [1.54, 1.807) is 30.3 Å². The predicted octanol–water partition coefficient (Wildman–Crippen LogP) is 6.29. The SMILES string of the molecule is CCCC1(CCC)OC(=O)C(C(c2cccc(N(C)S(=O)(=O)c3ncc4ccccc4n3)c2)C(C)(C)C)=C1O. The standard InChI is InChI=1S/C30H37N3O5S/c1-7-16-30(17-8-2)26(34)24(27(35)38-30)25(29(3,4)5)20-13-11-14-22(18-20)33(6)39(36,37)28-31-19-21-12-9-10-15-23(21)32-28/h9-15,18-19,25,34H,7-8,16-17H2,1-6H3. The fraction of sp³-hybridized carbons (Fsp3) is 0.433. The number of sulfonamides is 1. The second kappa shape index (κ2) is 10.6. The van der Waals surface area contributed by atoms with Crippen molar-refractivity contribution in [3.8, 4) is 0 Å². The van der Waals surface area contributed by atoms with Gasteiger partial charge in [0.25, 0.3) is 15.2 Å². The van der Waals surface area contributed by atoms with E-state index in [9.17, 15) is 18.3 Å². The molecular weight excluding hydrogens is 514 g/mol. The Morgan fingerprint density at radius 1 is 1.05 bits per heavy atom. The van der Waals surface area contributed by atoms with Gasteiger partial charge in [-0.2, -0.15) is 8.42 Å². The minimum absolute atomic E-state index is 0.00734. The van der Waals surface area contributed by atoms with Gasteiger partial charge in [0.05, 0.1) is 16.8 Å². The molecule has 9 heteroatoms. The lowest BCUT2D eigenvalue weighted by Gasteiger charge is -2.32. The molecule has 0 fully saturated rings. The molecule has 8 nitrogen and oxygen atoms in total. The second-order valence-electron chi connectivity index (χ2n) is 11.2. The van der Waals surface area contributed by atoms with E-state index in [-0.39, 0.29) is 16.5 Å². The first-order valence-electron chi connectivity index (χ1n) is 13.3. The van der Waals surface area contributed by atoms with Crippen molar-refractivity contribution in [1.82, 2.24) is 9.97 Å². The van der Waals surface area contributed by atoms with E-state index in [0.717, 1.165) is 22.5 Å². The van der Waals surface area contributed by atoms with Crippen LogP contribution in [0.5, 0.6) is 0 Å². The molecule has 1 aliphatic rings. The van der Waals surface area contributed by atoms with Gasteiger partial charge in [0.2, 0.25) is 0 Å². The molecule has 2 heterocycles. The van der Waals surface area contributed by atoms with Gasteiger partial charge in [-0.25, -0.2) is 14.8 Å². The van der Waals surface area contributed by atoms with Crippen molar-refractivity contribution >= 4 is 32.6 Å². The summed E-state index contributed by atoms with van der Waals surface area (Å²) in [4.78, 5) is 21.7. The number of fused-ring (bicyclic) bond motifs is 1. The average Bonchev–Trinajstić information content (AvgIpc) is 3.12. The summed E-state index contributed by atoms with van der Waals surface area (Å²) >= 11 is 0. The van der Waals surface area contributed by atoms with Crippen LogP contribution in [0.25, 0.3) is 10.9 Å². The van der Waals surface area contributed by atoms with Gasteiger partial charge >= 0.3 is 5.97 Å². The van der Waals surface area contributed by atoms with Crippen molar-refractivity contribution in [1.29, 1.82) is 0 Å². The first-order chi connectivity index (χ1) is 18.4. The summed E-state index contributed by atoms with van der Waals surface area (Å²) in [5, 5.41) is 11.9. The van der Waals surface area contributed by atoms with Crippen LogP contribution in [0.1, 0.15) is 71.8 Å².